The van der Waals surface area contributed by atoms with Crippen LogP contribution >= 0.6 is 0 Å². The molecule has 0 saturated carbocycles. The Morgan fingerprint density at radius 1 is 1.09 bits per heavy atom. The molecule has 0 radical (unpaired) electrons. The van der Waals surface area contributed by atoms with Crippen LogP contribution in [0.3, 0.4) is 0 Å². The molecule has 1 aliphatic heterocycles. The molecule has 0 unspecified atom stereocenters. The smallest absolute Gasteiger partial charge is 0.244 e. The van der Waals surface area contributed by atoms with Gasteiger partial charge in [-0.15, -0.1) is 0 Å². The molecule has 3 aromatic rings. The third-order valence-corrected chi connectivity index (χ3v) is 7.58. The number of piperidine rings is 1. The van der Waals surface area contributed by atoms with Gasteiger partial charge in [-0.1, -0.05) is 24.3 Å². The Kier molecular flexibility index (Phi) is 6.35. The summed E-state index contributed by atoms with van der Waals surface area (Å²) in [6.45, 7) is 0.907. The fourth-order valence-corrected chi connectivity index (χ4v) is 5.41. The molecule has 1 amide bonds. The van der Waals surface area contributed by atoms with E-state index in [-0.39, 0.29) is 35.4 Å². The first-order valence-electron chi connectivity index (χ1n) is 10.3. The molecule has 0 aliphatic carbocycles. The summed E-state index contributed by atoms with van der Waals surface area (Å²) in [7, 11) is -3.76. The molecule has 8 nitrogen and oxygen atoms in total. The summed E-state index contributed by atoms with van der Waals surface area (Å²) in [4.78, 5) is 12.6. The molecule has 2 heterocycles. The molecule has 1 fully saturated rings. The van der Waals surface area contributed by atoms with Gasteiger partial charge in [-0.25, -0.2) is 13.1 Å². The van der Waals surface area contributed by atoms with Crippen molar-refractivity contribution in [1.29, 1.82) is 5.26 Å². The maximum absolute atomic E-state index is 12.9. The van der Waals surface area contributed by atoms with Gasteiger partial charge in [0.1, 0.15) is 6.07 Å². The highest BCUT2D eigenvalue weighted by molar-refractivity contribution is 7.89. The van der Waals surface area contributed by atoms with Gasteiger partial charge < -0.3 is 5.32 Å². The summed E-state index contributed by atoms with van der Waals surface area (Å²) >= 11 is 0. The third kappa shape index (κ3) is 4.56. The minimum Gasteiger partial charge on any atom is -0.352 e. The quantitative estimate of drug-likeness (QED) is 0.622. The molecule has 1 aromatic heterocycles. The van der Waals surface area contributed by atoms with Crippen LogP contribution in [-0.2, 0) is 21.4 Å². The Hall–Kier alpha value is -3.48. The first kappa shape index (κ1) is 21.7. The van der Waals surface area contributed by atoms with E-state index in [2.05, 4.69) is 10.4 Å². The van der Waals surface area contributed by atoms with E-state index in [4.69, 9.17) is 0 Å². The number of nitrogens with one attached hydrogen (secondary N) is 1. The van der Waals surface area contributed by atoms with Crippen LogP contribution in [0.2, 0.25) is 0 Å². The summed E-state index contributed by atoms with van der Waals surface area (Å²) in [5.41, 5.74) is 2.05. The standard InChI is InChI=1S/C23H23N5O3S/c24-16-20-4-1-2-5-22(20)32(30,31)27-14-10-19(11-15-27)23(29)25-17-18-6-8-21(9-7-18)28-13-3-12-26-28/h1-9,12-13,19H,10-11,14-15,17H2,(H,25,29). The number of carbonyl (C=O) groups is 1. The number of rotatable bonds is 6. The summed E-state index contributed by atoms with van der Waals surface area (Å²) in [6.07, 6.45) is 4.46. The van der Waals surface area contributed by atoms with Crippen LogP contribution < -0.4 is 5.32 Å². The number of nitrogens with zero attached hydrogens (tertiary/aromatic N) is 4. The molecule has 0 spiro atoms. The molecule has 1 aliphatic rings. The highest BCUT2D eigenvalue weighted by Crippen LogP contribution is 2.25. The first-order valence-corrected chi connectivity index (χ1v) is 11.8. The molecule has 9 heteroatoms. The van der Waals surface area contributed by atoms with Gasteiger partial charge in [0.15, 0.2) is 0 Å². The lowest BCUT2D eigenvalue weighted by Gasteiger charge is -2.30. The average Bonchev–Trinajstić information content (AvgIpc) is 3.38. The Morgan fingerprint density at radius 2 is 1.81 bits per heavy atom. The summed E-state index contributed by atoms with van der Waals surface area (Å²) in [6, 6.07) is 17.7. The molecule has 1 N–H and O–H groups in total. The van der Waals surface area contributed by atoms with Crippen LogP contribution in [0.4, 0.5) is 0 Å². The minimum atomic E-state index is -3.76. The lowest BCUT2D eigenvalue weighted by molar-refractivity contribution is -0.126. The SMILES string of the molecule is N#Cc1ccccc1S(=O)(=O)N1CCC(C(=O)NCc2ccc(-n3cccn3)cc2)CC1. The van der Waals surface area contributed by atoms with E-state index in [0.717, 1.165) is 11.3 Å². The zero-order valence-electron chi connectivity index (χ0n) is 17.4. The molecule has 164 valence electrons. The maximum atomic E-state index is 12.9. The van der Waals surface area contributed by atoms with Crippen LogP contribution in [0.5, 0.6) is 0 Å². The van der Waals surface area contributed by atoms with Gasteiger partial charge in [0.05, 0.1) is 16.1 Å². The Labute approximate surface area is 187 Å². The van der Waals surface area contributed by atoms with E-state index in [1.54, 1.807) is 23.0 Å². The van der Waals surface area contributed by atoms with Crippen molar-refractivity contribution in [3.05, 3.63) is 78.1 Å². The number of amides is 1. The van der Waals surface area contributed by atoms with Crippen LogP contribution in [0, 0.1) is 17.2 Å². The van der Waals surface area contributed by atoms with Gasteiger partial charge in [0, 0.05) is 37.9 Å². The molecule has 32 heavy (non-hydrogen) atoms. The summed E-state index contributed by atoms with van der Waals surface area (Å²) in [5.74, 6) is -0.313. The molecular formula is C23H23N5O3S. The van der Waals surface area contributed by atoms with E-state index in [0.29, 0.717) is 19.4 Å². The third-order valence-electron chi connectivity index (χ3n) is 5.62. The van der Waals surface area contributed by atoms with Crippen molar-refractivity contribution >= 4 is 15.9 Å². The lowest BCUT2D eigenvalue weighted by Crippen LogP contribution is -2.43. The number of aromatic nitrogens is 2. The fraction of sp³-hybridized carbons (Fsp3) is 0.261. The van der Waals surface area contributed by atoms with Crippen LogP contribution in [0.25, 0.3) is 5.69 Å². The molecule has 0 atom stereocenters. The topological polar surface area (TPSA) is 108 Å². The largest absolute Gasteiger partial charge is 0.352 e. The number of benzene rings is 2. The van der Waals surface area contributed by atoms with Gasteiger partial charge in [0.25, 0.3) is 0 Å². The summed E-state index contributed by atoms with van der Waals surface area (Å²) in [5, 5.41) is 16.4. The van der Waals surface area contributed by atoms with Gasteiger partial charge in [0.2, 0.25) is 15.9 Å². The number of carbonyl (C=O) groups excluding carboxylic acids is 1. The van der Waals surface area contributed by atoms with Crippen LogP contribution in [0.1, 0.15) is 24.0 Å². The fourth-order valence-electron chi connectivity index (χ4n) is 3.80. The molecule has 2 aromatic carbocycles. The van der Waals surface area contributed by atoms with E-state index in [1.807, 2.05) is 42.6 Å². The predicted molar refractivity (Wildman–Crippen MR) is 118 cm³/mol. The molecule has 0 bridgehead atoms. The van der Waals surface area contributed by atoms with Crippen molar-refractivity contribution in [1.82, 2.24) is 19.4 Å². The van der Waals surface area contributed by atoms with Gasteiger partial charge in [-0.3, -0.25) is 4.79 Å². The van der Waals surface area contributed by atoms with Gasteiger partial charge in [-0.2, -0.15) is 14.7 Å². The Morgan fingerprint density at radius 3 is 2.47 bits per heavy atom. The van der Waals surface area contributed by atoms with Crippen LogP contribution in [0.15, 0.2) is 71.9 Å². The monoisotopic (exact) mass is 449 g/mol. The second-order valence-corrected chi connectivity index (χ2v) is 9.53. The van der Waals surface area contributed by atoms with E-state index >= 15 is 0 Å². The van der Waals surface area contributed by atoms with Gasteiger partial charge in [-0.05, 0) is 48.7 Å². The van der Waals surface area contributed by atoms with E-state index < -0.39 is 10.0 Å². The first-order chi connectivity index (χ1) is 15.5. The predicted octanol–water partition coefficient (Wildman–Crippen LogP) is 2.46. The van der Waals surface area contributed by atoms with Gasteiger partial charge >= 0.3 is 0 Å². The number of hydrogen-bond acceptors (Lipinski definition) is 5. The Balaban J connectivity index is 1.31. The molecule has 4 rings (SSSR count). The zero-order valence-corrected chi connectivity index (χ0v) is 18.2. The highest BCUT2D eigenvalue weighted by atomic mass is 32.2. The van der Waals surface area contributed by atoms with Crippen molar-refractivity contribution in [2.24, 2.45) is 5.92 Å². The molecular weight excluding hydrogens is 426 g/mol. The van der Waals surface area contributed by atoms with Crippen molar-refractivity contribution in [2.75, 3.05) is 13.1 Å². The second kappa shape index (κ2) is 9.34. The van der Waals surface area contributed by atoms with Crippen molar-refractivity contribution < 1.29 is 13.2 Å². The van der Waals surface area contributed by atoms with Crippen LogP contribution in [-0.4, -0.2) is 41.5 Å². The lowest BCUT2D eigenvalue weighted by atomic mass is 9.97. The normalized spacial score (nSPS) is 15.2. The number of sulfonamides is 1. The molecule has 1 saturated heterocycles. The van der Waals surface area contributed by atoms with Crippen molar-refractivity contribution in [3.63, 3.8) is 0 Å². The zero-order chi connectivity index (χ0) is 22.6. The van der Waals surface area contributed by atoms with E-state index in [9.17, 15) is 18.5 Å². The Bertz CT molecular complexity index is 1220. The second-order valence-electron chi connectivity index (χ2n) is 7.62. The number of hydrogen-bond donors (Lipinski definition) is 1. The van der Waals surface area contributed by atoms with E-state index in [1.165, 1.54) is 16.4 Å². The summed E-state index contributed by atoms with van der Waals surface area (Å²) < 4.78 is 29.0. The van der Waals surface area contributed by atoms with Crippen molar-refractivity contribution in [2.45, 2.75) is 24.3 Å². The highest BCUT2D eigenvalue weighted by Gasteiger charge is 2.33. The van der Waals surface area contributed by atoms with Crippen molar-refractivity contribution in [3.8, 4) is 11.8 Å². The number of nitriles is 1. The maximum Gasteiger partial charge on any atom is 0.244 e. The average molecular weight is 450 g/mol. The minimum absolute atomic E-state index is 0.0176.